The lowest BCUT2D eigenvalue weighted by Gasteiger charge is -2.09. The maximum absolute atomic E-state index is 6.13. The molecule has 0 bridgehead atoms. The van der Waals surface area contributed by atoms with Crippen LogP contribution in [-0.4, -0.2) is 5.71 Å². The number of benzene rings is 4. The molecule has 0 radical (unpaired) electrons. The summed E-state index contributed by atoms with van der Waals surface area (Å²) in [7, 11) is 0. The minimum Gasteiger partial charge on any atom is -0.457 e. The molecule has 4 aromatic carbocycles. The second-order valence-electron chi connectivity index (χ2n) is 7.77. The fraction of sp³-hybridized carbons (Fsp3) is 0.107. The van der Waals surface area contributed by atoms with E-state index >= 15 is 0 Å². The molecule has 1 aliphatic rings. The number of ether oxygens (including phenoxy) is 1. The standard InChI is InChI=1S/C28H22ClNO/c29-22-13-11-21(12-14-22)28(27-19-26(27)20-7-3-1-4-8-20)30-23-15-17-25(18-16-23)31-24-9-5-2-6-10-24/h1-18,26-27H,19H2. The molecule has 0 N–H and O–H groups in total. The number of aliphatic imine (C=N–C) groups is 1. The van der Waals surface area contributed by atoms with Gasteiger partial charge in [-0.05, 0) is 72.0 Å². The van der Waals surface area contributed by atoms with E-state index in [0.29, 0.717) is 11.8 Å². The van der Waals surface area contributed by atoms with Gasteiger partial charge >= 0.3 is 0 Å². The largest absolute Gasteiger partial charge is 0.457 e. The summed E-state index contributed by atoms with van der Waals surface area (Å²) in [5.41, 5.74) is 4.53. The van der Waals surface area contributed by atoms with Crippen LogP contribution in [0.1, 0.15) is 23.5 Å². The second-order valence-corrected chi connectivity index (χ2v) is 8.21. The van der Waals surface area contributed by atoms with E-state index in [0.717, 1.165) is 39.9 Å². The Morgan fingerprint density at radius 2 is 1.32 bits per heavy atom. The number of hydrogen-bond donors (Lipinski definition) is 0. The monoisotopic (exact) mass is 423 g/mol. The first-order valence-corrected chi connectivity index (χ1v) is 10.9. The lowest BCUT2D eigenvalue weighted by atomic mass is 10.0. The molecule has 31 heavy (non-hydrogen) atoms. The van der Waals surface area contributed by atoms with Gasteiger partial charge in [0.15, 0.2) is 0 Å². The molecular weight excluding hydrogens is 402 g/mol. The van der Waals surface area contributed by atoms with Gasteiger partial charge in [0, 0.05) is 10.9 Å². The maximum atomic E-state index is 6.13. The Balaban J connectivity index is 1.42. The first-order valence-electron chi connectivity index (χ1n) is 10.5. The van der Waals surface area contributed by atoms with Crippen molar-refractivity contribution < 1.29 is 4.74 Å². The average Bonchev–Trinajstić information content (AvgIpc) is 3.61. The van der Waals surface area contributed by atoms with Gasteiger partial charge in [0.1, 0.15) is 11.5 Å². The first-order chi connectivity index (χ1) is 15.3. The summed E-state index contributed by atoms with van der Waals surface area (Å²) in [4.78, 5) is 5.06. The molecule has 1 saturated carbocycles. The van der Waals surface area contributed by atoms with Crippen LogP contribution in [0.4, 0.5) is 5.69 Å². The molecule has 0 spiro atoms. The van der Waals surface area contributed by atoms with Crippen LogP contribution in [0.25, 0.3) is 0 Å². The molecule has 2 atom stereocenters. The van der Waals surface area contributed by atoms with Crippen LogP contribution < -0.4 is 4.74 Å². The van der Waals surface area contributed by atoms with Gasteiger partial charge in [0.2, 0.25) is 0 Å². The summed E-state index contributed by atoms with van der Waals surface area (Å²) in [6, 6.07) is 36.4. The third kappa shape index (κ3) is 4.70. The Morgan fingerprint density at radius 1 is 0.710 bits per heavy atom. The lowest BCUT2D eigenvalue weighted by Crippen LogP contribution is -2.05. The van der Waals surface area contributed by atoms with E-state index in [2.05, 4.69) is 42.5 Å². The van der Waals surface area contributed by atoms with Crippen molar-refractivity contribution in [1.82, 2.24) is 0 Å². The van der Waals surface area contributed by atoms with Gasteiger partial charge in [0.25, 0.3) is 0 Å². The SMILES string of the molecule is Clc1ccc(C(=Nc2ccc(Oc3ccccc3)cc2)C2CC2c2ccccc2)cc1. The smallest absolute Gasteiger partial charge is 0.127 e. The fourth-order valence-corrected chi connectivity index (χ4v) is 4.03. The minimum atomic E-state index is 0.406. The Hall–Kier alpha value is -3.36. The number of para-hydroxylation sites is 1. The van der Waals surface area contributed by atoms with Crippen LogP contribution >= 0.6 is 11.6 Å². The third-order valence-electron chi connectivity index (χ3n) is 5.57. The minimum absolute atomic E-state index is 0.406. The quantitative estimate of drug-likeness (QED) is 0.287. The van der Waals surface area contributed by atoms with Gasteiger partial charge < -0.3 is 4.74 Å². The summed E-state index contributed by atoms with van der Waals surface area (Å²) < 4.78 is 5.91. The molecule has 5 rings (SSSR count). The molecule has 152 valence electrons. The Kier molecular flexibility index (Phi) is 5.56. The van der Waals surface area contributed by atoms with Crippen LogP contribution in [0.3, 0.4) is 0 Å². The van der Waals surface area contributed by atoms with E-state index in [4.69, 9.17) is 21.3 Å². The normalized spacial score (nSPS) is 17.9. The zero-order valence-corrected chi connectivity index (χ0v) is 17.7. The summed E-state index contributed by atoms with van der Waals surface area (Å²) in [6.45, 7) is 0. The first kappa shape index (κ1) is 19.6. The van der Waals surface area contributed by atoms with Crippen molar-refractivity contribution in [3.8, 4) is 11.5 Å². The predicted octanol–water partition coefficient (Wildman–Crippen LogP) is 8.06. The summed E-state index contributed by atoms with van der Waals surface area (Å²) in [6.07, 6.45) is 1.11. The zero-order valence-electron chi connectivity index (χ0n) is 17.0. The lowest BCUT2D eigenvalue weighted by molar-refractivity contribution is 0.483. The van der Waals surface area contributed by atoms with Crippen LogP contribution in [0.15, 0.2) is 114 Å². The van der Waals surface area contributed by atoms with E-state index in [-0.39, 0.29) is 0 Å². The predicted molar refractivity (Wildman–Crippen MR) is 128 cm³/mol. The van der Waals surface area contributed by atoms with E-state index in [1.54, 1.807) is 0 Å². The molecule has 2 unspecified atom stereocenters. The van der Waals surface area contributed by atoms with Crippen molar-refractivity contribution in [3.63, 3.8) is 0 Å². The Bertz CT molecular complexity index is 1170. The van der Waals surface area contributed by atoms with Crippen LogP contribution in [0.2, 0.25) is 5.02 Å². The fourth-order valence-electron chi connectivity index (χ4n) is 3.90. The van der Waals surface area contributed by atoms with Crippen molar-refractivity contribution in [1.29, 1.82) is 0 Å². The summed E-state index contributed by atoms with van der Waals surface area (Å²) >= 11 is 6.13. The van der Waals surface area contributed by atoms with Crippen molar-refractivity contribution >= 4 is 23.0 Å². The molecule has 0 saturated heterocycles. The Morgan fingerprint density at radius 3 is 2.00 bits per heavy atom. The number of hydrogen-bond acceptors (Lipinski definition) is 2. The molecule has 1 fully saturated rings. The maximum Gasteiger partial charge on any atom is 0.127 e. The molecule has 0 amide bonds. The van der Waals surface area contributed by atoms with E-state index in [1.165, 1.54) is 5.56 Å². The van der Waals surface area contributed by atoms with Crippen LogP contribution in [-0.2, 0) is 0 Å². The van der Waals surface area contributed by atoms with Crippen molar-refractivity contribution in [3.05, 3.63) is 125 Å². The summed E-state index contributed by atoms with van der Waals surface area (Å²) in [5, 5.41) is 0.737. The van der Waals surface area contributed by atoms with Gasteiger partial charge in [-0.2, -0.15) is 0 Å². The van der Waals surface area contributed by atoms with Crippen LogP contribution in [0, 0.1) is 5.92 Å². The Labute approximate surface area is 187 Å². The topological polar surface area (TPSA) is 21.6 Å². The van der Waals surface area contributed by atoms with Gasteiger partial charge in [-0.15, -0.1) is 0 Å². The van der Waals surface area contributed by atoms with Crippen molar-refractivity contribution in [2.75, 3.05) is 0 Å². The van der Waals surface area contributed by atoms with Crippen LogP contribution in [0.5, 0.6) is 11.5 Å². The molecular formula is C28H22ClNO. The second kappa shape index (κ2) is 8.79. The molecule has 2 nitrogen and oxygen atoms in total. The molecule has 0 aromatic heterocycles. The molecule has 4 aromatic rings. The average molecular weight is 424 g/mol. The molecule has 3 heteroatoms. The number of nitrogens with zero attached hydrogens (tertiary/aromatic N) is 1. The van der Waals surface area contributed by atoms with Gasteiger partial charge in [-0.3, -0.25) is 4.99 Å². The highest BCUT2D eigenvalue weighted by molar-refractivity contribution is 6.30. The molecule has 0 aliphatic heterocycles. The van der Waals surface area contributed by atoms with E-state index in [9.17, 15) is 0 Å². The molecule has 1 aliphatic carbocycles. The van der Waals surface area contributed by atoms with Gasteiger partial charge in [-0.25, -0.2) is 0 Å². The number of rotatable bonds is 6. The van der Waals surface area contributed by atoms with E-state index < -0.39 is 0 Å². The highest BCUT2D eigenvalue weighted by Crippen LogP contribution is 2.50. The van der Waals surface area contributed by atoms with Gasteiger partial charge in [0.05, 0.1) is 11.4 Å². The van der Waals surface area contributed by atoms with Crippen molar-refractivity contribution in [2.24, 2.45) is 10.9 Å². The van der Waals surface area contributed by atoms with Crippen molar-refractivity contribution in [2.45, 2.75) is 12.3 Å². The third-order valence-corrected chi connectivity index (χ3v) is 5.83. The number of halogens is 1. The summed E-state index contributed by atoms with van der Waals surface area (Å²) in [5.74, 6) is 2.54. The van der Waals surface area contributed by atoms with E-state index in [1.807, 2.05) is 66.7 Å². The van der Waals surface area contributed by atoms with Gasteiger partial charge in [-0.1, -0.05) is 72.3 Å². The molecule has 0 heterocycles. The zero-order chi connectivity index (χ0) is 21.0. The highest BCUT2D eigenvalue weighted by Gasteiger charge is 2.42. The highest BCUT2D eigenvalue weighted by atomic mass is 35.5.